The quantitative estimate of drug-likeness (QED) is 0.822. The molecule has 7 heteroatoms. The van der Waals surface area contributed by atoms with Gasteiger partial charge in [0.25, 0.3) is 5.91 Å². The molecule has 26 heavy (non-hydrogen) atoms. The lowest BCUT2D eigenvalue weighted by atomic mass is 9.90. The Morgan fingerprint density at radius 3 is 2.81 bits per heavy atom. The van der Waals surface area contributed by atoms with Gasteiger partial charge in [-0.1, -0.05) is 0 Å². The maximum Gasteiger partial charge on any atom is 0.256 e. The smallest absolute Gasteiger partial charge is 0.256 e. The molecule has 1 fully saturated rings. The van der Waals surface area contributed by atoms with Gasteiger partial charge in [0.1, 0.15) is 5.82 Å². The molecular formula is C19H23FN4O2. The van der Waals surface area contributed by atoms with E-state index in [9.17, 15) is 9.18 Å². The van der Waals surface area contributed by atoms with Crippen molar-refractivity contribution in [2.75, 3.05) is 19.7 Å². The van der Waals surface area contributed by atoms with Crippen molar-refractivity contribution < 1.29 is 13.9 Å². The Morgan fingerprint density at radius 1 is 1.35 bits per heavy atom. The summed E-state index contributed by atoms with van der Waals surface area (Å²) < 4.78 is 19.3. The van der Waals surface area contributed by atoms with Crippen LogP contribution in [0.3, 0.4) is 0 Å². The molecule has 0 aliphatic carbocycles. The standard InChI is InChI=1S/C19H23FN4O2/c1-3-26-12-15-10-22-13(2)23-18(15)14-5-8-24(9-6-14)19(25)16-4-7-21-11-17(16)20/h4,7,10-11,14H,3,5-6,8-9,12H2,1-2H3. The number of piperidine rings is 1. The predicted molar refractivity (Wildman–Crippen MR) is 94.2 cm³/mol. The molecule has 0 atom stereocenters. The highest BCUT2D eigenvalue weighted by molar-refractivity contribution is 5.94. The zero-order valence-corrected chi connectivity index (χ0v) is 15.1. The lowest BCUT2D eigenvalue weighted by Gasteiger charge is -2.32. The molecule has 0 N–H and O–H groups in total. The van der Waals surface area contributed by atoms with Crippen LogP contribution in [0.4, 0.5) is 4.39 Å². The van der Waals surface area contributed by atoms with E-state index < -0.39 is 5.82 Å². The van der Waals surface area contributed by atoms with Crippen molar-refractivity contribution in [2.45, 2.75) is 39.2 Å². The Labute approximate surface area is 152 Å². The summed E-state index contributed by atoms with van der Waals surface area (Å²) in [4.78, 5) is 26.8. The van der Waals surface area contributed by atoms with Crippen molar-refractivity contribution in [3.05, 3.63) is 53.1 Å². The summed E-state index contributed by atoms with van der Waals surface area (Å²) in [5.74, 6) is 0.123. The van der Waals surface area contributed by atoms with Gasteiger partial charge >= 0.3 is 0 Å². The van der Waals surface area contributed by atoms with Crippen LogP contribution in [0.1, 0.15) is 53.1 Å². The number of nitrogens with zero attached hydrogens (tertiary/aromatic N) is 4. The highest BCUT2D eigenvalue weighted by Crippen LogP contribution is 2.30. The van der Waals surface area contributed by atoms with Gasteiger partial charge in [-0.2, -0.15) is 0 Å². The number of halogens is 1. The molecule has 6 nitrogen and oxygen atoms in total. The number of pyridine rings is 1. The molecule has 0 saturated carbocycles. The second-order valence-electron chi connectivity index (χ2n) is 6.39. The SMILES string of the molecule is CCOCc1cnc(C)nc1C1CCN(C(=O)c2ccncc2F)CC1. The molecule has 2 aromatic rings. The number of ether oxygens (including phenoxy) is 1. The molecule has 3 heterocycles. The number of rotatable bonds is 5. The zero-order valence-electron chi connectivity index (χ0n) is 15.1. The minimum Gasteiger partial charge on any atom is -0.377 e. The monoisotopic (exact) mass is 358 g/mol. The van der Waals surface area contributed by atoms with E-state index in [2.05, 4.69) is 15.0 Å². The Morgan fingerprint density at radius 2 is 2.12 bits per heavy atom. The molecule has 1 aliphatic rings. The molecule has 0 radical (unpaired) electrons. The number of carbonyl (C=O) groups excluding carboxylic acids is 1. The van der Waals surface area contributed by atoms with Gasteiger partial charge in [-0.05, 0) is 32.8 Å². The summed E-state index contributed by atoms with van der Waals surface area (Å²) in [6.45, 7) is 6.10. The van der Waals surface area contributed by atoms with Crippen molar-refractivity contribution >= 4 is 5.91 Å². The Kier molecular flexibility index (Phi) is 5.88. The number of amides is 1. The van der Waals surface area contributed by atoms with Crippen LogP contribution in [0, 0.1) is 12.7 Å². The fraction of sp³-hybridized carbons (Fsp3) is 0.474. The van der Waals surface area contributed by atoms with Gasteiger partial charge in [0.05, 0.1) is 24.1 Å². The molecule has 1 aliphatic heterocycles. The maximum atomic E-state index is 13.8. The average molecular weight is 358 g/mol. The van der Waals surface area contributed by atoms with E-state index >= 15 is 0 Å². The summed E-state index contributed by atoms with van der Waals surface area (Å²) >= 11 is 0. The molecule has 3 rings (SSSR count). The van der Waals surface area contributed by atoms with Crippen LogP contribution in [0.25, 0.3) is 0 Å². The number of likely N-dealkylation sites (tertiary alicyclic amines) is 1. The highest BCUT2D eigenvalue weighted by Gasteiger charge is 2.28. The second kappa shape index (κ2) is 8.31. The van der Waals surface area contributed by atoms with Gasteiger partial charge in [-0.3, -0.25) is 9.78 Å². The fourth-order valence-electron chi connectivity index (χ4n) is 3.26. The van der Waals surface area contributed by atoms with Gasteiger partial charge in [0.15, 0.2) is 5.82 Å². The van der Waals surface area contributed by atoms with E-state index in [1.807, 2.05) is 20.0 Å². The molecule has 0 unspecified atom stereocenters. The molecule has 0 aromatic carbocycles. The van der Waals surface area contributed by atoms with Gasteiger partial charge < -0.3 is 9.64 Å². The molecule has 0 spiro atoms. The van der Waals surface area contributed by atoms with Gasteiger partial charge in [-0.25, -0.2) is 14.4 Å². The minimum absolute atomic E-state index is 0.0772. The van der Waals surface area contributed by atoms with Crippen molar-refractivity contribution in [3.63, 3.8) is 0 Å². The molecule has 138 valence electrons. The first-order valence-electron chi connectivity index (χ1n) is 8.89. The predicted octanol–water partition coefficient (Wildman–Crippen LogP) is 2.88. The maximum absolute atomic E-state index is 13.8. The lowest BCUT2D eigenvalue weighted by Crippen LogP contribution is -2.38. The van der Waals surface area contributed by atoms with E-state index in [0.29, 0.717) is 26.3 Å². The van der Waals surface area contributed by atoms with Gasteiger partial charge in [0.2, 0.25) is 0 Å². The van der Waals surface area contributed by atoms with Crippen LogP contribution in [0.5, 0.6) is 0 Å². The first kappa shape index (κ1) is 18.4. The van der Waals surface area contributed by atoms with E-state index in [-0.39, 0.29) is 17.4 Å². The van der Waals surface area contributed by atoms with Gasteiger partial charge in [0, 0.05) is 43.6 Å². The summed E-state index contributed by atoms with van der Waals surface area (Å²) in [5.41, 5.74) is 2.09. The summed E-state index contributed by atoms with van der Waals surface area (Å²) in [6, 6.07) is 1.43. The summed E-state index contributed by atoms with van der Waals surface area (Å²) in [6.07, 6.45) is 5.91. The molecular weight excluding hydrogens is 335 g/mol. The third kappa shape index (κ3) is 4.04. The Balaban J connectivity index is 1.70. The first-order chi connectivity index (χ1) is 12.6. The van der Waals surface area contributed by atoms with Crippen molar-refractivity contribution in [1.29, 1.82) is 0 Å². The summed E-state index contributed by atoms with van der Waals surface area (Å²) in [5, 5.41) is 0. The van der Waals surface area contributed by atoms with Crippen molar-refractivity contribution in [3.8, 4) is 0 Å². The lowest BCUT2D eigenvalue weighted by molar-refractivity contribution is 0.0705. The fourth-order valence-corrected chi connectivity index (χ4v) is 3.26. The third-order valence-electron chi connectivity index (χ3n) is 4.65. The average Bonchev–Trinajstić information content (AvgIpc) is 2.67. The Bertz CT molecular complexity index is 776. The van der Waals surface area contributed by atoms with E-state index in [4.69, 9.17) is 4.74 Å². The van der Waals surface area contributed by atoms with Gasteiger partial charge in [-0.15, -0.1) is 0 Å². The van der Waals surface area contributed by atoms with Crippen LogP contribution >= 0.6 is 0 Å². The molecule has 2 aromatic heterocycles. The largest absolute Gasteiger partial charge is 0.377 e. The first-order valence-corrected chi connectivity index (χ1v) is 8.89. The highest BCUT2D eigenvalue weighted by atomic mass is 19.1. The molecule has 0 bridgehead atoms. The van der Waals surface area contributed by atoms with Crippen molar-refractivity contribution in [2.24, 2.45) is 0 Å². The van der Waals surface area contributed by atoms with Crippen LogP contribution in [-0.2, 0) is 11.3 Å². The van der Waals surface area contributed by atoms with Crippen LogP contribution in [0.15, 0.2) is 24.7 Å². The minimum atomic E-state index is -0.579. The second-order valence-corrected chi connectivity index (χ2v) is 6.39. The number of aromatic nitrogens is 3. The van der Waals surface area contributed by atoms with Crippen molar-refractivity contribution in [1.82, 2.24) is 19.9 Å². The molecule has 1 saturated heterocycles. The number of hydrogen-bond donors (Lipinski definition) is 0. The zero-order chi connectivity index (χ0) is 18.5. The van der Waals surface area contributed by atoms with E-state index in [0.717, 1.165) is 36.1 Å². The summed E-state index contributed by atoms with van der Waals surface area (Å²) in [7, 11) is 0. The van der Waals surface area contributed by atoms with Crippen LogP contribution in [-0.4, -0.2) is 45.5 Å². The number of carbonyl (C=O) groups is 1. The molecule has 1 amide bonds. The third-order valence-corrected chi connectivity index (χ3v) is 4.65. The number of aryl methyl sites for hydroxylation is 1. The number of hydrogen-bond acceptors (Lipinski definition) is 5. The van der Waals surface area contributed by atoms with E-state index in [1.54, 1.807) is 4.90 Å². The van der Waals surface area contributed by atoms with Crippen LogP contribution < -0.4 is 0 Å². The Hall–Kier alpha value is -2.41. The van der Waals surface area contributed by atoms with Crippen LogP contribution in [0.2, 0.25) is 0 Å². The van der Waals surface area contributed by atoms with E-state index in [1.165, 1.54) is 12.3 Å². The normalized spacial score (nSPS) is 15.3. The topological polar surface area (TPSA) is 68.2 Å².